The molecule has 1 unspecified atom stereocenters. The van der Waals surface area contributed by atoms with Gasteiger partial charge in [-0.05, 0) is 30.2 Å². The molecule has 1 aliphatic heterocycles. The number of rotatable bonds is 3. The molecule has 2 heterocycles. The van der Waals surface area contributed by atoms with E-state index in [0.717, 1.165) is 21.3 Å². The highest BCUT2D eigenvalue weighted by atomic mass is 79.9. The van der Waals surface area contributed by atoms with Gasteiger partial charge in [0.05, 0.1) is 24.6 Å². The molecule has 2 aromatic carbocycles. The number of benzene rings is 2. The summed E-state index contributed by atoms with van der Waals surface area (Å²) in [6, 6.07) is 17.7. The second kappa shape index (κ2) is 6.48. The Labute approximate surface area is 155 Å². The Balaban J connectivity index is 1.76. The lowest BCUT2D eigenvalue weighted by molar-refractivity contribution is -0.138. The number of aromatic nitrogens is 2. The van der Waals surface area contributed by atoms with Crippen LogP contribution in [-0.2, 0) is 11.3 Å². The third kappa shape index (κ3) is 2.89. The molecule has 5 heteroatoms. The minimum Gasteiger partial charge on any atom is -0.328 e. The molecule has 0 aliphatic carbocycles. The standard InChI is InChI=1S/C20H18BrN3O/c1-14(15-6-3-2-4-7-15)23-12-18-11-22-13-24(18)19(20(23)25)16-8-5-9-17(21)10-16/h2-11,13-14,19H,12H2,1H3/t14-,19?/m0/s1. The smallest absolute Gasteiger partial charge is 0.251 e. The Morgan fingerprint density at radius 1 is 1.16 bits per heavy atom. The molecular formula is C20H18BrN3O. The summed E-state index contributed by atoms with van der Waals surface area (Å²) < 4.78 is 2.95. The zero-order chi connectivity index (χ0) is 17.4. The molecule has 0 saturated carbocycles. The van der Waals surface area contributed by atoms with Crippen LogP contribution in [0.25, 0.3) is 0 Å². The third-order valence-corrected chi connectivity index (χ3v) is 5.28. The molecule has 25 heavy (non-hydrogen) atoms. The average molecular weight is 396 g/mol. The molecular weight excluding hydrogens is 378 g/mol. The van der Waals surface area contributed by atoms with E-state index in [1.165, 1.54) is 0 Å². The maximum Gasteiger partial charge on any atom is 0.251 e. The fourth-order valence-electron chi connectivity index (χ4n) is 3.43. The minimum atomic E-state index is -0.380. The number of hydrogen-bond donors (Lipinski definition) is 0. The Hall–Kier alpha value is -2.40. The average Bonchev–Trinajstić information content (AvgIpc) is 3.09. The molecule has 0 bridgehead atoms. The van der Waals surface area contributed by atoms with Crippen LogP contribution in [-0.4, -0.2) is 20.4 Å². The van der Waals surface area contributed by atoms with Gasteiger partial charge in [-0.2, -0.15) is 0 Å². The van der Waals surface area contributed by atoms with Crippen LogP contribution in [0.5, 0.6) is 0 Å². The minimum absolute atomic E-state index is 0.00648. The quantitative estimate of drug-likeness (QED) is 0.661. The van der Waals surface area contributed by atoms with Gasteiger partial charge in [-0.3, -0.25) is 4.79 Å². The van der Waals surface area contributed by atoms with Crippen molar-refractivity contribution >= 4 is 21.8 Å². The Kier molecular flexibility index (Phi) is 4.17. The summed E-state index contributed by atoms with van der Waals surface area (Å²) in [6.45, 7) is 2.65. The van der Waals surface area contributed by atoms with E-state index >= 15 is 0 Å². The summed E-state index contributed by atoms with van der Waals surface area (Å²) >= 11 is 3.51. The first-order chi connectivity index (χ1) is 12.1. The summed E-state index contributed by atoms with van der Waals surface area (Å²) in [6.07, 6.45) is 3.60. The number of fused-ring (bicyclic) bond motifs is 1. The third-order valence-electron chi connectivity index (χ3n) is 4.79. The van der Waals surface area contributed by atoms with Crippen molar-refractivity contribution in [3.05, 3.63) is 88.4 Å². The van der Waals surface area contributed by atoms with E-state index in [1.54, 1.807) is 6.33 Å². The van der Waals surface area contributed by atoms with Crippen LogP contribution in [0.3, 0.4) is 0 Å². The first-order valence-corrected chi connectivity index (χ1v) is 9.06. The highest BCUT2D eigenvalue weighted by molar-refractivity contribution is 9.10. The zero-order valence-electron chi connectivity index (χ0n) is 13.8. The molecule has 4 rings (SSSR count). The number of halogens is 1. The van der Waals surface area contributed by atoms with Crippen LogP contribution < -0.4 is 0 Å². The van der Waals surface area contributed by atoms with Crippen LogP contribution in [0.2, 0.25) is 0 Å². The largest absolute Gasteiger partial charge is 0.328 e. The molecule has 3 aromatic rings. The molecule has 0 fully saturated rings. The second-order valence-electron chi connectivity index (χ2n) is 6.30. The van der Waals surface area contributed by atoms with E-state index in [2.05, 4.69) is 40.0 Å². The molecule has 1 aliphatic rings. The van der Waals surface area contributed by atoms with E-state index in [-0.39, 0.29) is 18.0 Å². The van der Waals surface area contributed by atoms with Crippen molar-refractivity contribution in [3.63, 3.8) is 0 Å². The van der Waals surface area contributed by atoms with Gasteiger partial charge in [-0.1, -0.05) is 58.4 Å². The van der Waals surface area contributed by atoms with Crippen LogP contribution in [0.15, 0.2) is 71.6 Å². The number of amides is 1. The van der Waals surface area contributed by atoms with Crippen LogP contribution >= 0.6 is 15.9 Å². The summed E-state index contributed by atoms with van der Waals surface area (Å²) in [4.78, 5) is 19.6. The van der Waals surface area contributed by atoms with Gasteiger partial charge < -0.3 is 9.47 Å². The first-order valence-electron chi connectivity index (χ1n) is 8.27. The van der Waals surface area contributed by atoms with E-state index < -0.39 is 0 Å². The Morgan fingerprint density at radius 3 is 2.72 bits per heavy atom. The van der Waals surface area contributed by atoms with E-state index in [9.17, 15) is 4.79 Å². The van der Waals surface area contributed by atoms with Crippen molar-refractivity contribution in [1.82, 2.24) is 14.5 Å². The summed E-state index contributed by atoms with van der Waals surface area (Å²) in [5.74, 6) is 0.0972. The fourth-order valence-corrected chi connectivity index (χ4v) is 3.85. The predicted octanol–water partition coefficient (Wildman–Crippen LogP) is 4.34. The number of hydrogen-bond acceptors (Lipinski definition) is 2. The van der Waals surface area contributed by atoms with Crippen molar-refractivity contribution < 1.29 is 4.79 Å². The van der Waals surface area contributed by atoms with Crippen LogP contribution in [0, 0.1) is 0 Å². The second-order valence-corrected chi connectivity index (χ2v) is 7.22. The number of nitrogens with zero attached hydrogens (tertiary/aromatic N) is 3. The highest BCUT2D eigenvalue weighted by Gasteiger charge is 2.36. The van der Waals surface area contributed by atoms with Gasteiger partial charge in [0.15, 0.2) is 0 Å². The zero-order valence-corrected chi connectivity index (χ0v) is 15.4. The van der Waals surface area contributed by atoms with Crippen molar-refractivity contribution in [2.75, 3.05) is 0 Å². The molecule has 4 nitrogen and oxygen atoms in total. The van der Waals surface area contributed by atoms with Crippen molar-refractivity contribution in [3.8, 4) is 0 Å². The van der Waals surface area contributed by atoms with Gasteiger partial charge in [0, 0.05) is 10.7 Å². The lowest BCUT2D eigenvalue weighted by atomic mass is 9.99. The maximum atomic E-state index is 13.4. The van der Waals surface area contributed by atoms with Crippen molar-refractivity contribution in [2.24, 2.45) is 0 Å². The maximum absolute atomic E-state index is 13.4. The fraction of sp³-hybridized carbons (Fsp3) is 0.200. The lowest BCUT2D eigenvalue weighted by Gasteiger charge is -2.38. The van der Waals surface area contributed by atoms with Gasteiger partial charge in [0.25, 0.3) is 5.91 Å². The SMILES string of the molecule is C[C@@H](c1ccccc1)N1Cc2cncn2C(c2cccc(Br)c2)C1=O. The molecule has 0 spiro atoms. The van der Waals surface area contributed by atoms with Crippen molar-refractivity contribution in [1.29, 1.82) is 0 Å². The molecule has 0 N–H and O–H groups in total. The van der Waals surface area contributed by atoms with E-state index in [4.69, 9.17) is 0 Å². The Morgan fingerprint density at radius 2 is 1.96 bits per heavy atom. The summed E-state index contributed by atoms with van der Waals surface area (Å²) in [5.41, 5.74) is 3.15. The predicted molar refractivity (Wildman–Crippen MR) is 99.9 cm³/mol. The molecule has 1 aromatic heterocycles. The molecule has 2 atom stereocenters. The number of imidazole rings is 1. The molecule has 126 valence electrons. The normalized spacial score (nSPS) is 18.1. The Bertz CT molecular complexity index is 906. The van der Waals surface area contributed by atoms with Gasteiger partial charge in [-0.15, -0.1) is 0 Å². The molecule has 0 saturated heterocycles. The monoisotopic (exact) mass is 395 g/mol. The van der Waals surface area contributed by atoms with E-state index in [1.807, 2.05) is 58.1 Å². The van der Waals surface area contributed by atoms with E-state index in [0.29, 0.717) is 6.54 Å². The number of carbonyl (C=O) groups excluding carboxylic acids is 1. The first kappa shape index (κ1) is 16.1. The van der Waals surface area contributed by atoms with Gasteiger partial charge >= 0.3 is 0 Å². The van der Waals surface area contributed by atoms with Crippen molar-refractivity contribution in [2.45, 2.75) is 25.6 Å². The lowest BCUT2D eigenvalue weighted by Crippen LogP contribution is -2.43. The number of carbonyl (C=O) groups is 1. The van der Waals surface area contributed by atoms with Gasteiger partial charge in [0.2, 0.25) is 0 Å². The summed E-state index contributed by atoms with van der Waals surface area (Å²) in [5, 5.41) is 0. The van der Waals surface area contributed by atoms with Crippen LogP contribution in [0.1, 0.15) is 35.8 Å². The summed E-state index contributed by atoms with van der Waals surface area (Å²) in [7, 11) is 0. The molecule has 1 amide bonds. The topological polar surface area (TPSA) is 38.1 Å². The molecule has 0 radical (unpaired) electrons. The highest BCUT2D eigenvalue weighted by Crippen LogP contribution is 2.34. The van der Waals surface area contributed by atoms with Gasteiger partial charge in [0.1, 0.15) is 6.04 Å². The van der Waals surface area contributed by atoms with Gasteiger partial charge in [-0.25, -0.2) is 4.98 Å². The van der Waals surface area contributed by atoms with Crippen LogP contribution in [0.4, 0.5) is 0 Å².